The predicted molar refractivity (Wildman–Crippen MR) is 63.1 cm³/mol. The van der Waals surface area contributed by atoms with E-state index in [-0.39, 0.29) is 11.8 Å². The molecule has 1 saturated carbocycles. The zero-order chi connectivity index (χ0) is 12.1. The van der Waals surface area contributed by atoms with Crippen LogP contribution in [0.3, 0.4) is 0 Å². The number of nitrogens with zero attached hydrogens (tertiary/aromatic N) is 1. The van der Waals surface area contributed by atoms with Gasteiger partial charge in [0.2, 0.25) is 5.91 Å². The standard InChI is InChI=1S/C13H20N2O2/c14-10-13(6-2-1-3-7-13)15-12(16)11-4-8-17-9-5-11/h11H,1-9H2,(H,15,16). The van der Waals surface area contributed by atoms with Crippen LogP contribution in [0, 0.1) is 17.2 Å². The molecule has 0 aromatic carbocycles. The van der Waals surface area contributed by atoms with Gasteiger partial charge in [-0.3, -0.25) is 4.79 Å². The lowest BCUT2D eigenvalue weighted by Crippen LogP contribution is -2.51. The van der Waals surface area contributed by atoms with Gasteiger partial charge in [0.1, 0.15) is 5.54 Å². The Morgan fingerprint density at radius 3 is 2.47 bits per heavy atom. The van der Waals surface area contributed by atoms with E-state index in [2.05, 4.69) is 11.4 Å². The Kier molecular flexibility index (Phi) is 4.01. The van der Waals surface area contributed by atoms with Crippen molar-refractivity contribution in [3.63, 3.8) is 0 Å². The summed E-state index contributed by atoms with van der Waals surface area (Å²) in [4.78, 5) is 12.1. The maximum Gasteiger partial charge on any atom is 0.224 e. The highest BCUT2D eigenvalue weighted by atomic mass is 16.5. The second-order valence-corrected chi connectivity index (χ2v) is 5.13. The fourth-order valence-corrected chi connectivity index (χ4v) is 2.72. The fourth-order valence-electron chi connectivity index (χ4n) is 2.72. The molecule has 17 heavy (non-hydrogen) atoms. The van der Waals surface area contributed by atoms with E-state index in [0.717, 1.165) is 38.5 Å². The molecule has 1 aliphatic carbocycles. The summed E-state index contributed by atoms with van der Waals surface area (Å²) >= 11 is 0. The number of nitriles is 1. The van der Waals surface area contributed by atoms with Gasteiger partial charge in [0, 0.05) is 19.1 Å². The predicted octanol–water partition coefficient (Wildman–Crippen LogP) is 1.76. The summed E-state index contributed by atoms with van der Waals surface area (Å²) in [5, 5.41) is 12.3. The van der Waals surface area contributed by atoms with Crippen LogP contribution in [0.4, 0.5) is 0 Å². The van der Waals surface area contributed by atoms with Gasteiger partial charge in [0.25, 0.3) is 0 Å². The van der Waals surface area contributed by atoms with Crippen LogP contribution in [0.1, 0.15) is 44.9 Å². The molecule has 0 spiro atoms. The minimum absolute atomic E-state index is 0.0379. The van der Waals surface area contributed by atoms with Crippen LogP contribution < -0.4 is 5.32 Å². The van der Waals surface area contributed by atoms with Gasteiger partial charge >= 0.3 is 0 Å². The van der Waals surface area contributed by atoms with Gasteiger partial charge in [-0.05, 0) is 25.7 Å². The molecule has 0 bridgehead atoms. The zero-order valence-corrected chi connectivity index (χ0v) is 10.2. The molecule has 1 saturated heterocycles. The van der Waals surface area contributed by atoms with Crippen molar-refractivity contribution in [1.29, 1.82) is 5.26 Å². The molecule has 1 N–H and O–H groups in total. The van der Waals surface area contributed by atoms with Crippen LogP contribution in [0.5, 0.6) is 0 Å². The molecule has 94 valence electrons. The van der Waals surface area contributed by atoms with Crippen molar-refractivity contribution in [2.24, 2.45) is 5.92 Å². The third kappa shape index (κ3) is 2.98. The van der Waals surface area contributed by atoms with E-state index in [1.165, 1.54) is 6.42 Å². The van der Waals surface area contributed by atoms with Gasteiger partial charge in [-0.15, -0.1) is 0 Å². The molecule has 0 aromatic heterocycles. The first-order chi connectivity index (χ1) is 8.26. The lowest BCUT2D eigenvalue weighted by molar-refractivity contribution is -0.129. The number of amides is 1. The van der Waals surface area contributed by atoms with Crippen LogP contribution in [0.15, 0.2) is 0 Å². The Morgan fingerprint density at radius 1 is 1.24 bits per heavy atom. The molecule has 2 rings (SSSR count). The number of hydrogen-bond acceptors (Lipinski definition) is 3. The Bertz CT molecular complexity index is 310. The molecule has 0 atom stereocenters. The zero-order valence-electron chi connectivity index (χ0n) is 10.2. The fraction of sp³-hybridized carbons (Fsp3) is 0.846. The summed E-state index contributed by atoms with van der Waals surface area (Å²) < 4.78 is 5.25. The molecule has 1 heterocycles. The average molecular weight is 236 g/mol. The summed E-state index contributed by atoms with van der Waals surface area (Å²) in [6.07, 6.45) is 6.44. The molecule has 0 unspecified atom stereocenters. The normalized spacial score (nSPS) is 24.9. The van der Waals surface area contributed by atoms with E-state index in [1.54, 1.807) is 0 Å². The van der Waals surface area contributed by atoms with E-state index in [4.69, 9.17) is 4.74 Å². The molecule has 1 aliphatic heterocycles. The largest absolute Gasteiger partial charge is 0.381 e. The van der Waals surface area contributed by atoms with Crippen molar-refractivity contribution >= 4 is 5.91 Å². The quantitative estimate of drug-likeness (QED) is 0.794. The van der Waals surface area contributed by atoms with Gasteiger partial charge in [-0.1, -0.05) is 19.3 Å². The van der Waals surface area contributed by atoms with Crippen molar-refractivity contribution in [3.8, 4) is 6.07 Å². The number of hydrogen-bond donors (Lipinski definition) is 1. The Morgan fingerprint density at radius 2 is 1.88 bits per heavy atom. The lowest BCUT2D eigenvalue weighted by Gasteiger charge is -2.33. The second kappa shape index (κ2) is 5.50. The molecule has 1 amide bonds. The Labute approximate surface area is 102 Å². The SMILES string of the molecule is N#CC1(NC(=O)C2CCOCC2)CCCCC1. The smallest absolute Gasteiger partial charge is 0.224 e. The van der Waals surface area contributed by atoms with E-state index in [9.17, 15) is 10.1 Å². The van der Waals surface area contributed by atoms with E-state index >= 15 is 0 Å². The topological polar surface area (TPSA) is 62.1 Å². The third-order valence-electron chi connectivity index (χ3n) is 3.88. The van der Waals surface area contributed by atoms with Crippen molar-refractivity contribution in [1.82, 2.24) is 5.32 Å². The van der Waals surface area contributed by atoms with E-state index in [0.29, 0.717) is 13.2 Å². The highest BCUT2D eigenvalue weighted by Crippen LogP contribution is 2.28. The van der Waals surface area contributed by atoms with Crippen molar-refractivity contribution < 1.29 is 9.53 Å². The Hall–Kier alpha value is -1.08. The Balaban J connectivity index is 1.93. The average Bonchev–Trinajstić information content (AvgIpc) is 2.41. The van der Waals surface area contributed by atoms with Crippen molar-refractivity contribution in [3.05, 3.63) is 0 Å². The molecule has 2 aliphatic rings. The highest BCUT2D eigenvalue weighted by Gasteiger charge is 2.35. The van der Waals surface area contributed by atoms with Crippen LogP contribution in [-0.2, 0) is 9.53 Å². The van der Waals surface area contributed by atoms with Crippen molar-refractivity contribution in [2.75, 3.05) is 13.2 Å². The molecule has 4 heteroatoms. The van der Waals surface area contributed by atoms with Crippen LogP contribution in [0.25, 0.3) is 0 Å². The third-order valence-corrected chi connectivity index (χ3v) is 3.88. The molecule has 0 aromatic rings. The first kappa shape index (κ1) is 12.4. The van der Waals surface area contributed by atoms with Crippen LogP contribution >= 0.6 is 0 Å². The van der Waals surface area contributed by atoms with E-state index < -0.39 is 5.54 Å². The first-order valence-corrected chi connectivity index (χ1v) is 6.57. The second-order valence-electron chi connectivity index (χ2n) is 5.13. The minimum Gasteiger partial charge on any atom is -0.381 e. The monoisotopic (exact) mass is 236 g/mol. The molecule has 2 fully saturated rings. The first-order valence-electron chi connectivity index (χ1n) is 6.57. The van der Waals surface area contributed by atoms with Gasteiger partial charge in [-0.25, -0.2) is 0 Å². The van der Waals surface area contributed by atoms with Crippen molar-refractivity contribution in [2.45, 2.75) is 50.5 Å². The number of carbonyl (C=O) groups is 1. The summed E-state index contributed by atoms with van der Waals surface area (Å²) in [6.45, 7) is 1.33. The summed E-state index contributed by atoms with van der Waals surface area (Å²) in [5.74, 6) is 0.0904. The van der Waals surface area contributed by atoms with Crippen LogP contribution in [-0.4, -0.2) is 24.7 Å². The number of ether oxygens (including phenoxy) is 1. The van der Waals surface area contributed by atoms with Gasteiger partial charge in [0.15, 0.2) is 0 Å². The lowest BCUT2D eigenvalue weighted by atomic mass is 9.82. The van der Waals surface area contributed by atoms with Gasteiger partial charge < -0.3 is 10.1 Å². The summed E-state index contributed by atoms with van der Waals surface area (Å²) in [7, 11) is 0. The van der Waals surface area contributed by atoms with E-state index in [1.807, 2.05) is 0 Å². The van der Waals surface area contributed by atoms with Gasteiger partial charge in [0.05, 0.1) is 6.07 Å². The summed E-state index contributed by atoms with van der Waals surface area (Å²) in [5.41, 5.74) is -0.590. The molecular weight excluding hydrogens is 216 g/mol. The van der Waals surface area contributed by atoms with Crippen LogP contribution in [0.2, 0.25) is 0 Å². The number of carbonyl (C=O) groups excluding carboxylic acids is 1. The maximum absolute atomic E-state index is 12.1. The summed E-state index contributed by atoms with van der Waals surface area (Å²) in [6, 6.07) is 2.32. The van der Waals surface area contributed by atoms with Gasteiger partial charge in [-0.2, -0.15) is 5.26 Å². The number of rotatable bonds is 2. The number of nitrogens with one attached hydrogen (secondary N) is 1. The molecule has 4 nitrogen and oxygen atoms in total. The highest BCUT2D eigenvalue weighted by molar-refractivity contribution is 5.80. The molecular formula is C13H20N2O2. The minimum atomic E-state index is -0.590. The molecule has 0 radical (unpaired) electrons. The maximum atomic E-state index is 12.1.